The Balaban J connectivity index is 1.79. The van der Waals surface area contributed by atoms with Crippen molar-refractivity contribution >= 4 is 0 Å². The van der Waals surface area contributed by atoms with E-state index < -0.39 is 0 Å². The molecule has 1 aliphatic rings. The maximum atomic E-state index is 5.17. The van der Waals surface area contributed by atoms with Crippen LogP contribution in [0.5, 0.6) is 0 Å². The van der Waals surface area contributed by atoms with Gasteiger partial charge in [-0.05, 0) is 11.1 Å². The van der Waals surface area contributed by atoms with E-state index in [0.717, 1.165) is 26.2 Å². The molecule has 0 spiro atoms. The highest BCUT2D eigenvalue weighted by atomic mass is 15.1. The van der Waals surface area contributed by atoms with Crippen molar-refractivity contribution in [3.63, 3.8) is 0 Å². The van der Waals surface area contributed by atoms with E-state index in [4.69, 9.17) is 6.42 Å². The minimum atomic E-state index is 0.667. The van der Waals surface area contributed by atoms with Crippen LogP contribution in [0.15, 0.2) is 24.3 Å². The van der Waals surface area contributed by atoms with Crippen LogP contribution in [-0.4, -0.2) is 24.5 Å². The van der Waals surface area contributed by atoms with E-state index in [9.17, 15) is 0 Å². The molecule has 0 aliphatic carbocycles. The van der Waals surface area contributed by atoms with Crippen LogP contribution < -0.4 is 5.32 Å². The topological polar surface area (TPSA) is 15.3 Å². The van der Waals surface area contributed by atoms with Gasteiger partial charge in [-0.1, -0.05) is 30.2 Å². The van der Waals surface area contributed by atoms with E-state index in [2.05, 4.69) is 40.4 Å². The molecular weight excluding hydrogens is 184 g/mol. The highest BCUT2D eigenvalue weighted by Gasteiger charge is 2.16. The standard InChI is InChI=1S/C13H16N2/c1-2-7-14-8-9-15-10-12-5-3-4-6-13(12)11-15/h1,3-6,14H,7-11H2. The van der Waals surface area contributed by atoms with Crippen molar-refractivity contribution in [2.75, 3.05) is 19.6 Å². The largest absolute Gasteiger partial charge is 0.305 e. The average molecular weight is 200 g/mol. The van der Waals surface area contributed by atoms with Crippen LogP contribution in [0.2, 0.25) is 0 Å². The fourth-order valence-electron chi connectivity index (χ4n) is 1.96. The fourth-order valence-corrected chi connectivity index (χ4v) is 1.96. The number of nitrogens with zero attached hydrogens (tertiary/aromatic N) is 1. The predicted octanol–water partition coefficient (Wildman–Crippen LogP) is 1.22. The van der Waals surface area contributed by atoms with Gasteiger partial charge in [0.2, 0.25) is 0 Å². The quantitative estimate of drug-likeness (QED) is 0.581. The molecule has 0 unspecified atom stereocenters. The Morgan fingerprint density at radius 1 is 1.27 bits per heavy atom. The zero-order chi connectivity index (χ0) is 10.5. The third-order valence-corrected chi connectivity index (χ3v) is 2.74. The van der Waals surface area contributed by atoms with Crippen molar-refractivity contribution in [2.24, 2.45) is 0 Å². The second-order valence-electron chi connectivity index (χ2n) is 3.86. The monoisotopic (exact) mass is 200 g/mol. The minimum Gasteiger partial charge on any atom is -0.305 e. The summed E-state index contributed by atoms with van der Waals surface area (Å²) in [6.45, 7) is 4.86. The Hall–Kier alpha value is -1.30. The first-order valence-corrected chi connectivity index (χ1v) is 5.33. The Morgan fingerprint density at radius 3 is 2.53 bits per heavy atom. The number of nitrogens with one attached hydrogen (secondary N) is 1. The van der Waals surface area contributed by atoms with Crippen LogP contribution in [-0.2, 0) is 13.1 Å². The average Bonchev–Trinajstić information content (AvgIpc) is 2.67. The van der Waals surface area contributed by atoms with Crippen molar-refractivity contribution < 1.29 is 0 Å². The van der Waals surface area contributed by atoms with Crippen molar-refractivity contribution in [2.45, 2.75) is 13.1 Å². The van der Waals surface area contributed by atoms with Crippen molar-refractivity contribution in [1.29, 1.82) is 0 Å². The van der Waals surface area contributed by atoms with Gasteiger partial charge in [0.25, 0.3) is 0 Å². The third kappa shape index (κ3) is 2.59. The molecule has 1 aliphatic heterocycles. The van der Waals surface area contributed by atoms with Crippen LogP contribution in [0.4, 0.5) is 0 Å². The molecule has 0 radical (unpaired) electrons. The Labute approximate surface area is 91.3 Å². The zero-order valence-corrected chi connectivity index (χ0v) is 8.87. The number of hydrogen-bond acceptors (Lipinski definition) is 2. The second kappa shape index (κ2) is 4.97. The molecule has 1 heterocycles. The smallest absolute Gasteiger partial charge is 0.0574 e. The first-order valence-electron chi connectivity index (χ1n) is 5.33. The van der Waals surface area contributed by atoms with Gasteiger partial charge in [-0.2, -0.15) is 0 Å². The maximum absolute atomic E-state index is 5.17. The van der Waals surface area contributed by atoms with Gasteiger partial charge in [-0.25, -0.2) is 0 Å². The van der Waals surface area contributed by atoms with Gasteiger partial charge in [0, 0.05) is 26.2 Å². The molecular formula is C13H16N2. The highest BCUT2D eigenvalue weighted by molar-refractivity contribution is 5.30. The molecule has 1 aromatic carbocycles. The molecule has 0 fully saturated rings. The first kappa shape index (κ1) is 10.2. The summed E-state index contributed by atoms with van der Waals surface area (Å²) in [5.74, 6) is 2.58. The van der Waals surface area contributed by atoms with Crippen LogP contribution in [0, 0.1) is 12.3 Å². The lowest BCUT2D eigenvalue weighted by molar-refractivity contribution is 0.285. The van der Waals surface area contributed by atoms with Gasteiger partial charge in [-0.15, -0.1) is 6.42 Å². The van der Waals surface area contributed by atoms with E-state index in [1.54, 1.807) is 0 Å². The van der Waals surface area contributed by atoms with E-state index in [0.29, 0.717) is 6.54 Å². The number of terminal acetylenes is 1. The molecule has 2 nitrogen and oxygen atoms in total. The molecule has 1 aromatic rings. The molecule has 0 amide bonds. The Bertz CT molecular complexity index is 340. The molecule has 2 rings (SSSR count). The van der Waals surface area contributed by atoms with Gasteiger partial charge in [0.15, 0.2) is 0 Å². The van der Waals surface area contributed by atoms with Gasteiger partial charge in [-0.3, -0.25) is 4.90 Å². The molecule has 15 heavy (non-hydrogen) atoms. The lowest BCUT2D eigenvalue weighted by atomic mass is 10.1. The molecule has 0 saturated carbocycles. The summed E-state index contributed by atoms with van der Waals surface area (Å²) >= 11 is 0. The van der Waals surface area contributed by atoms with Crippen molar-refractivity contribution in [3.05, 3.63) is 35.4 Å². The molecule has 0 bridgehead atoms. The molecule has 0 aromatic heterocycles. The minimum absolute atomic E-state index is 0.667. The normalized spacial score (nSPS) is 14.9. The van der Waals surface area contributed by atoms with Gasteiger partial charge >= 0.3 is 0 Å². The van der Waals surface area contributed by atoms with Crippen LogP contribution in [0.25, 0.3) is 0 Å². The summed E-state index contributed by atoms with van der Waals surface area (Å²) < 4.78 is 0. The number of fused-ring (bicyclic) bond motifs is 1. The molecule has 1 N–H and O–H groups in total. The first-order chi connectivity index (χ1) is 7.40. The van der Waals surface area contributed by atoms with E-state index >= 15 is 0 Å². The SMILES string of the molecule is C#CCNCCN1Cc2ccccc2C1. The van der Waals surface area contributed by atoms with Gasteiger partial charge in [0.1, 0.15) is 0 Å². The van der Waals surface area contributed by atoms with Crippen LogP contribution in [0.1, 0.15) is 11.1 Å². The van der Waals surface area contributed by atoms with E-state index in [1.807, 2.05) is 0 Å². The number of rotatable bonds is 4. The predicted molar refractivity (Wildman–Crippen MR) is 62.3 cm³/mol. The summed E-state index contributed by atoms with van der Waals surface area (Å²) in [7, 11) is 0. The lowest BCUT2D eigenvalue weighted by Gasteiger charge is -2.14. The molecule has 78 valence electrons. The third-order valence-electron chi connectivity index (χ3n) is 2.74. The summed E-state index contributed by atoms with van der Waals surface area (Å²) in [6, 6.07) is 8.65. The number of hydrogen-bond donors (Lipinski definition) is 1. The van der Waals surface area contributed by atoms with Crippen molar-refractivity contribution in [1.82, 2.24) is 10.2 Å². The summed E-state index contributed by atoms with van der Waals surface area (Å²) in [5, 5.41) is 3.21. The zero-order valence-electron chi connectivity index (χ0n) is 8.87. The fraction of sp³-hybridized carbons (Fsp3) is 0.385. The maximum Gasteiger partial charge on any atom is 0.0574 e. The van der Waals surface area contributed by atoms with E-state index in [1.165, 1.54) is 11.1 Å². The van der Waals surface area contributed by atoms with Crippen LogP contribution in [0.3, 0.4) is 0 Å². The summed E-state index contributed by atoms with van der Waals surface area (Å²) in [5.41, 5.74) is 2.93. The van der Waals surface area contributed by atoms with Gasteiger partial charge in [0.05, 0.1) is 6.54 Å². The van der Waals surface area contributed by atoms with Gasteiger partial charge < -0.3 is 5.32 Å². The number of benzene rings is 1. The Kier molecular flexibility index (Phi) is 3.39. The lowest BCUT2D eigenvalue weighted by Crippen LogP contribution is -2.28. The summed E-state index contributed by atoms with van der Waals surface area (Å²) in [6.07, 6.45) is 5.17. The molecule has 0 saturated heterocycles. The Morgan fingerprint density at radius 2 is 1.93 bits per heavy atom. The van der Waals surface area contributed by atoms with E-state index in [-0.39, 0.29) is 0 Å². The van der Waals surface area contributed by atoms with Crippen LogP contribution >= 0.6 is 0 Å². The summed E-state index contributed by atoms with van der Waals surface area (Å²) in [4.78, 5) is 2.44. The highest BCUT2D eigenvalue weighted by Crippen LogP contribution is 2.21. The molecule has 2 heteroatoms. The second-order valence-corrected chi connectivity index (χ2v) is 3.86. The van der Waals surface area contributed by atoms with Crippen molar-refractivity contribution in [3.8, 4) is 12.3 Å². The molecule has 0 atom stereocenters.